The second kappa shape index (κ2) is 4.55. The van der Waals surface area contributed by atoms with E-state index in [1.165, 1.54) is 19.3 Å². The van der Waals surface area contributed by atoms with Crippen molar-refractivity contribution in [1.82, 2.24) is 15.6 Å². The third-order valence-corrected chi connectivity index (χ3v) is 3.63. The van der Waals surface area contributed by atoms with Gasteiger partial charge in [-0.1, -0.05) is 0 Å². The Hall–Kier alpha value is -0.870. The Bertz CT molecular complexity index is 338. The number of hydrogen-bond donors (Lipinski definition) is 2. The van der Waals surface area contributed by atoms with E-state index in [0.29, 0.717) is 12.0 Å². The van der Waals surface area contributed by atoms with Crippen LogP contribution in [0.15, 0.2) is 10.7 Å². The maximum atomic E-state index is 5.56. The first kappa shape index (κ1) is 10.3. The SMILES string of the molecule is c1oc(CC2CCCN2)nc1C1CCNC1. The fourth-order valence-electron chi connectivity index (χ4n) is 2.66. The smallest absolute Gasteiger partial charge is 0.195 e. The minimum Gasteiger partial charge on any atom is -0.449 e. The molecule has 0 saturated carbocycles. The molecule has 2 aliphatic heterocycles. The summed E-state index contributed by atoms with van der Waals surface area (Å²) in [6.07, 6.45) is 6.52. The number of aromatic nitrogens is 1. The lowest BCUT2D eigenvalue weighted by Crippen LogP contribution is -2.23. The summed E-state index contributed by atoms with van der Waals surface area (Å²) in [5, 5.41) is 6.83. The highest BCUT2D eigenvalue weighted by molar-refractivity contribution is 5.08. The van der Waals surface area contributed by atoms with Gasteiger partial charge in [0.15, 0.2) is 5.89 Å². The molecule has 3 heterocycles. The molecule has 1 aromatic heterocycles. The van der Waals surface area contributed by atoms with Crippen molar-refractivity contribution in [3.05, 3.63) is 17.8 Å². The first-order chi connectivity index (χ1) is 7.92. The van der Waals surface area contributed by atoms with Gasteiger partial charge in [0, 0.05) is 24.9 Å². The molecule has 0 aliphatic carbocycles. The third-order valence-electron chi connectivity index (χ3n) is 3.63. The second-order valence-electron chi connectivity index (χ2n) is 4.85. The van der Waals surface area contributed by atoms with E-state index >= 15 is 0 Å². The molecule has 88 valence electrons. The monoisotopic (exact) mass is 221 g/mol. The predicted octanol–water partition coefficient (Wildman–Crippen LogP) is 1.05. The van der Waals surface area contributed by atoms with Crippen LogP contribution >= 0.6 is 0 Å². The lowest BCUT2D eigenvalue weighted by molar-refractivity contribution is 0.455. The number of hydrogen-bond acceptors (Lipinski definition) is 4. The van der Waals surface area contributed by atoms with Crippen molar-refractivity contribution < 1.29 is 4.42 Å². The van der Waals surface area contributed by atoms with Crippen molar-refractivity contribution in [1.29, 1.82) is 0 Å². The molecule has 2 saturated heterocycles. The fourth-order valence-corrected chi connectivity index (χ4v) is 2.66. The van der Waals surface area contributed by atoms with Gasteiger partial charge in [0.05, 0.1) is 5.69 Å². The molecule has 4 heteroatoms. The average Bonchev–Trinajstić information content (AvgIpc) is 2.99. The Morgan fingerprint density at radius 2 is 2.38 bits per heavy atom. The van der Waals surface area contributed by atoms with Gasteiger partial charge in [-0.15, -0.1) is 0 Å². The van der Waals surface area contributed by atoms with Crippen LogP contribution in [0.4, 0.5) is 0 Å². The molecule has 0 aromatic carbocycles. The molecule has 0 amide bonds. The number of oxazole rings is 1. The van der Waals surface area contributed by atoms with Gasteiger partial charge in [-0.2, -0.15) is 0 Å². The van der Waals surface area contributed by atoms with E-state index < -0.39 is 0 Å². The van der Waals surface area contributed by atoms with Crippen molar-refractivity contribution in [2.24, 2.45) is 0 Å². The van der Waals surface area contributed by atoms with E-state index in [0.717, 1.165) is 37.6 Å². The summed E-state index contributed by atoms with van der Waals surface area (Å²) in [6.45, 7) is 3.30. The maximum absolute atomic E-state index is 5.56. The lowest BCUT2D eigenvalue weighted by Gasteiger charge is -2.05. The van der Waals surface area contributed by atoms with Crippen LogP contribution in [0.2, 0.25) is 0 Å². The summed E-state index contributed by atoms with van der Waals surface area (Å²) < 4.78 is 5.56. The molecule has 0 bridgehead atoms. The molecular formula is C12H19N3O. The summed E-state index contributed by atoms with van der Waals surface area (Å²) in [7, 11) is 0. The van der Waals surface area contributed by atoms with Crippen molar-refractivity contribution in [2.75, 3.05) is 19.6 Å². The molecule has 4 nitrogen and oxygen atoms in total. The number of rotatable bonds is 3. The zero-order valence-electron chi connectivity index (χ0n) is 9.54. The van der Waals surface area contributed by atoms with E-state index in [9.17, 15) is 0 Å². The minimum absolute atomic E-state index is 0.564. The van der Waals surface area contributed by atoms with Crippen LogP contribution in [-0.2, 0) is 6.42 Å². The topological polar surface area (TPSA) is 50.1 Å². The van der Waals surface area contributed by atoms with Gasteiger partial charge in [-0.3, -0.25) is 0 Å². The molecular weight excluding hydrogens is 202 g/mol. The molecule has 16 heavy (non-hydrogen) atoms. The Morgan fingerprint density at radius 1 is 1.38 bits per heavy atom. The van der Waals surface area contributed by atoms with Gasteiger partial charge in [0.1, 0.15) is 6.26 Å². The third kappa shape index (κ3) is 2.13. The van der Waals surface area contributed by atoms with E-state index in [4.69, 9.17) is 4.42 Å². The van der Waals surface area contributed by atoms with Crippen LogP contribution < -0.4 is 10.6 Å². The van der Waals surface area contributed by atoms with Crippen LogP contribution in [0.3, 0.4) is 0 Å². The zero-order valence-corrected chi connectivity index (χ0v) is 9.54. The molecule has 2 N–H and O–H groups in total. The summed E-state index contributed by atoms with van der Waals surface area (Å²) in [5.74, 6) is 1.47. The molecule has 0 spiro atoms. The normalized spacial score (nSPS) is 30.0. The summed E-state index contributed by atoms with van der Waals surface area (Å²) in [5.41, 5.74) is 1.14. The molecule has 1 aromatic rings. The van der Waals surface area contributed by atoms with Gasteiger partial charge in [0.2, 0.25) is 0 Å². The van der Waals surface area contributed by atoms with Gasteiger partial charge in [0.25, 0.3) is 0 Å². The highest BCUT2D eigenvalue weighted by Crippen LogP contribution is 2.22. The van der Waals surface area contributed by atoms with Crippen LogP contribution in [0, 0.1) is 0 Å². The quantitative estimate of drug-likeness (QED) is 0.801. The molecule has 3 rings (SSSR count). The van der Waals surface area contributed by atoms with Gasteiger partial charge >= 0.3 is 0 Å². The first-order valence-electron chi connectivity index (χ1n) is 6.30. The Balaban J connectivity index is 1.62. The Kier molecular flexibility index (Phi) is 2.93. The first-order valence-corrected chi connectivity index (χ1v) is 6.30. The van der Waals surface area contributed by atoms with E-state index in [-0.39, 0.29) is 0 Å². The summed E-state index contributed by atoms with van der Waals surface area (Å²) >= 11 is 0. The van der Waals surface area contributed by atoms with Gasteiger partial charge in [-0.05, 0) is 32.4 Å². The van der Waals surface area contributed by atoms with Crippen LogP contribution in [0.25, 0.3) is 0 Å². The van der Waals surface area contributed by atoms with Crippen LogP contribution in [0.1, 0.15) is 36.8 Å². The average molecular weight is 221 g/mol. The molecule has 2 aliphatic rings. The number of nitrogens with one attached hydrogen (secondary N) is 2. The molecule has 2 atom stereocenters. The number of nitrogens with zero attached hydrogens (tertiary/aromatic N) is 1. The largest absolute Gasteiger partial charge is 0.449 e. The second-order valence-corrected chi connectivity index (χ2v) is 4.85. The summed E-state index contributed by atoms with van der Waals surface area (Å²) in [6, 6.07) is 0.577. The standard InChI is InChI=1S/C12H19N3O/c1-2-10(14-4-1)6-12-15-11(8-16-12)9-3-5-13-7-9/h8-10,13-14H,1-7H2. The Morgan fingerprint density at radius 3 is 3.12 bits per heavy atom. The van der Waals surface area contributed by atoms with Crippen LogP contribution in [0.5, 0.6) is 0 Å². The zero-order chi connectivity index (χ0) is 10.8. The minimum atomic E-state index is 0.564. The van der Waals surface area contributed by atoms with Crippen molar-refractivity contribution in [3.8, 4) is 0 Å². The van der Waals surface area contributed by atoms with Gasteiger partial charge in [-0.25, -0.2) is 4.98 Å². The molecule has 0 radical (unpaired) electrons. The van der Waals surface area contributed by atoms with E-state index in [2.05, 4.69) is 15.6 Å². The Labute approximate surface area is 95.8 Å². The van der Waals surface area contributed by atoms with E-state index in [1.54, 1.807) is 0 Å². The fraction of sp³-hybridized carbons (Fsp3) is 0.750. The van der Waals surface area contributed by atoms with Crippen molar-refractivity contribution in [3.63, 3.8) is 0 Å². The van der Waals surface area contributed by atoms with Crippen molar-refractivity contribution in [2.45, 2.75) is 37.6 Å². The van der Waals surface area contributed by atoms with Gasteiger partial charge < -0.3 is 15.1 Å². The highest BCUT2D eigenvalue weighted by atomic mass is 16.3. The molecule has 2 unspecified atom stereocenters. The lowest BCUT2D eigenvalue weighted by atomic mass is 10.1. The van der Waals surface area contributed by atoms with Crippen molar-refractivity contribution >= 4 is 0 Å². The van der Waals surface area contributed by atoms with Crippen LogP contribution in [-0.4, -0.2) is 30.7 Å². The summed E-state index contributed by atoms with van der Waals surface area (Å²) in [4.78, 5) is 4.61. The van der Waals surface area contributed by atoms with E-state index in [1.807, 2.05) is 6.26 Å². The molecule has 2 fully saturated rings. The maximum Gasteiger partial charge on any atom is 0.195 e. The highest BCUT2D eigenvalue weighted by Gasteiger charge is 2.22. The predicted molar refractivity (Wildman–Crippen MR) is 61.5 cm³/mol.